The lowest BCUT2D eigenvalue weighted by molar-refractivity contribution is -0.151. The number of carbonyl (C=O) groups is 2. The molecule has 18 heavy (non-hydrogen) atoms. The maximum absolute atomic E-state index is 11.8. The maximum Gasteiger partial charge on any atom is 0.229 e. The predicted octanol–water partition coefficient (Wildman–Crippen LogP) is 1.51. The highest BCUT2D eigenvalue weighted by atomic mass is 16.3. The second kappa shape index (κ2) is 5.31. The van der Waals surface area contributed by atoms with Gasteiger partial charge >= 0.3 is 0 Å². The van der Waals surface area contributed by atoms with Crippen LogP contribution in [0.15, 0.2) is 30.3 Å². The lowest BCUT2D eigenvalue weighted by Gasteiger charge is -2.29. The fourth-order valence-electron chi connectivity index (χ4n) is 2.19. The van der Waals surface area contributed by atoms with Crippen LogP contribution in [0.3, 0.4) is 0 Å². The quantitative estimate of drug-likeness (QED) is 0.824. The van der Waals surface area contributed by atoms with Crippen LogP contribution in [0.25, 0.3) is 0 Å². The van der Waals surface area contributed by atoms with Crippen LogP contribution in [0.5, 0.6) is 0 Å². The normalized spacial score (nSPS) is 19.1. The first-order chi connectivity index (χ1) is 8.58. The number of carbonyl (C=O) groups excluding carboxylic acids is 2. The van der Waals surface area contributed by atoms with E-state index in [1.54, 1.807) is 12.1 Å². The number of piperidine rings is 1. The first kappa shape index (κ1) is 12.8. The number of benzene rings is 1. The van der Waals surface area contributed by atoms with Gasteiger partial charge in [-0.3, -0.25) is 14.5 Å². The Labute approximate surface area is 106 Å². The standard InChI is InChI=1S/C14H17NO3/c1-10-7-13(17)15(14(18)8-10)9-12(16)11-5-3-2-4-6-11/h2-6,10,12,16H,7-9H2,1H3. The van der Waals surface area contributed by atoms with Crippen LogP contribution < -0.4 is 0 Å². The topological polar surface area (TPSA) is 57.6 Å². The summed E-state index contributed by atoms with van der Waals surface area (Å²) in [6.45, 7) is 1.94. The van der Waals surface area contributed by atoms with E-state index in [-0.39, 0.29) is 24.3 Å². The fraction of sp³-hybridized carbons (Fsp3) is 0.429. The molecule has 1 N–H and O–H groups in total. The molecule has 1 saturated heterocycles. The molecule has 1 aromatic carbocycles. The zero-order valence-corrected chi connectivity index (χ0v) is 10.4. The first-order valence-electron chi connectivity index (χ1n) is 6.14. The summed E-state index contributed by atoms with van der Waals surface area (Å²) in [4.78, 5) is 24.7. The molecule has 1 unspecified atom stereocenters. The minimum Gasteiger partial charge on any atom is -0.387 e. The molecule has 1 aromatic rings. The van der Waals surface area contributed by atoms with Crippen molar-refractivity contribution in [3.05, 3.63) is 35.9 Å². The Balaban J connectivity index is 2.05. The van der Waals surface area contributed by atoms with Crippen molar-refractivity contribution in [2.45, 2.75) is 25.9 Å². The van der Waals surface area contributed by atoms with Crippen LogP contribution in [-0.2, 0) is 9.59 Å². The van der Waals surface area contributed by atoms with E-state index in [0.717, 1.165) is 5.56 Å². The molecule has 0 spiro atoms. The number of nitrogens with zero attached hydrogens (tertiary/aromatic N) is 1. The molecule has 0 radical (unpaired) electrons. The molecule has 0 saturated carbocycles. The Bertz CT molecular complexity index is 426. The molecule has 0 aromatic heterocycles. The summed E-state index contributed by atoms with van der Waals surface area (Å²) in [5.74, 6) is -0.266. The van der Waals surface area contributed by atoms with Crippen LogP contribution in [0, 0.1) is 5.92 Å². The fourth-order valence-corrected chi connectivity index (χ4v) is 2.19. The monoisotopic (exact) mass is 247 g/mol. The highest BCUT2D eigenvalue weighted by Gasteiger charge is 2.31. The molecule has 1 atom stereocenters. The zero-order valence-electron chi connectivity index (χ0n) is 10.4. The average molecular weight is 247 g/mol. The van der Waals surface area contributed by atoms with Crippen LogP contribution in [0.1, 0.15) is 31.4 Å². The van der Waals surface area contributed by atoms with Crippen molar-refractivity contribution in [1.82, 2.24) is 4.90 Å². The van der Waals surface area contributed by atoms with Gasteiger partial charge in [-0.05, 0) is 11.5 Å². The Hall–Kier alpha value is -1.68. The minimum absolute atomic E-state index is 0.0500. The summed E-state index contributed by atoms with van der Waals surface area (Å²) in [5, 5.41) is 10.0. The molecule has 96 valence electrons. The molecule has 0 bridgehead atoms. The predicted molar refractivity (Wildman–Crippen MR) is 66.5 cm³/mol. The summed E-state index contributed by atoms with van der Waals surface area (Å²) in [5.41, 5.74) is 0.719. The highest BCUT2D eigenvalue weighted by molar-refractivity contribution is 5.97. The van der Waals surface area contributed by atoms with Gasteiger partial charge in [0.2, 0.25) is 11.8 Å². The van der Waals surface area contributed by atoms with Gasteiger partial charge in [-0.2, -0.15) is 0 Å². The van der Waals surface area contributed by atoms with Gasteiger partial charge in [0.1, 0.15) is 0 Å². The summed E-state index contributed by atoms with van der Waals surface area (Å²) < 4.78 is 0. The van der Waals surface area contributed by atoms with Gasteiger partial charge < -0.3 is 5.11 Å². The molecule has 4 heteroatoms. The summed E-state index contributed by atoms with van der Waals surface area (Å²) in [6.07, 6.45) is -0.0481. The van der Waals surface area contributed by atoms with Crippen molar-refractivity contribution < 1.29 is 14.7 Å². The SMILES string of the molecule is CC1CC(=O)N(CC(O)c2ccccc2)C(=O)C1. The van der Waals surface area contributed by atoms with Crippen molar-refractivity contribution in [2.24, 2.45) is 5.92 Å². The molecule has 4 nitrogen and oxygen atoms in total. The second-order valence-electron chi connectivity index (χ2n) is 4.84. The molecule has 0 aliphatic carbocycles. The lowest BCUT2D eigenvalue weighted by Crippen LogP contribution is -2.44. The van der Waals surface area contributed by atoms with Crippen LogP contribution in [-0.4, -0.2) is 28.4 Å². The summed E-state index contributed by atoms with van der Waals surface area (Å²) in [7, 11) is 0. The zero-order chi connectivity index (χ0) is 13.1. The maximum atomic E-state index is 11.8. The molecular formula is C14H17NO3. The third-order valence-corrected chi connectivity index (χ3v) is 3.19. The van der Waals surface area contributed by atoms with E-state index in [9.17, 15) is 14.7 Å². The number of aliphatic hydroxyl groups excluding tert-OH is 1. The van der Waals surface area contributed by atoms with E-state index in [1.165, 1.54) is 4.90 Å². The highest BCUT2D eigenvalue weighted by Crippen LogP contribution is 2.22. The van der Waals surface area contributed by atoms with E-state index in [2.05, 4.69) is 0 Å². The number of amides is 2. The van der Waals surface area contributed by atoms with Crippen molar-refractivity contribution in [3.8, 4) is 0 Å². The molecular weight excluding hydrogens is 230 g/mol. The molecule has 2 rings (SSSR count). The Morgan fingerprint density at radius 3 is 2.33 bits per heavy atom. The number of hydrogen-bond acceptors (Lipinski definition) is 3. The van der Waals surface area contributed by atoms with Gasteiger partial charge in [-0.15, -0.1) is 0 Å². The van der Waals surface area contributed by atoms with Crippen molar-refractivity contribution in [2.75, 3.05) is 6.54 Å². The second-order valence-corrected chi connectivity index (χ2v) is 4.84. The first-order valence-corrected chi connectivity index (χ1v) is 6.14. The van der Waals surface area contributed by atoms with Crippen LogP contribution in [0.2, 0.25) is 0 Å². The Morgan fingerprint density at radius 1 is 1.22 bits per heavy atom. The molecule has 1 heterocycles. The average Bonchev–Trinajstić information content (AvgIpc) is 2.34. The van der Waals surface area contributed by atoms with E-state index in [0.29, 0.717) is 12.8 Å². The molecule has 1 aliphatic heterocycles. The van der Waals surface area contributed by atoms with E-state index >= 15 is 0 Å². The lowest BCUT2D eigenvalue weighted by atomic mass is 9.97. The van der Waals surface area contributed by atoms with Gasteiger partial charge in [0, 0.05) is 12.8 Å². The Morgan fingerprint density at radius 2 is 1.78 bits per heavy atom. The van der Waals surface area contributed by atoms with Gasteiger partial charge in [-0.1, -0.05) is 37.3 Å². The number of rotatable bonds is 3. The van der Waals surface area contributed by atoms with Gasteiger partial charge in [0.15, 0.2) is 0 Å². The van der Waals surface area contributed by atoms with E-state index in [4.69, 9.17) is 0 Å². The van der Waals surface area contributed by atoms with Gasteiger partial charge in [-0.25, -0.2) is 0 Å². The largest absolute Gasteiger partial charge is 0.387 e. The third-order valence-electron chi connectivity index (χ3n) is 3.19. The Kier molecular flexibility index (Phi) is 3.77. The smallest absolute Gasteiger partial charge is 0.229 e. The number of likely N-dealkylation sites (tertiary alicyclic amines) is 1. The van der Waals surface area contributed by atoms with Crippen molar-refractivity contribution in [1.29, 1.82) is 0 Å². The number of hydrogen-bond donors (Lipinski definition) is 1. The minimum atomic E-state index is -0.812. The van der Waals surface area contributed by atoms with Crippen molar-refractivity contribution in [3.63, 3.8) is 0 Å². The molecule has 1 aliphatic rings. The van der Waals surface area contributed by atoms with E-state index < -0.39 is 6.10 Å². The molecule has 1 fully saturated rings. The van der Waals surface area contributed by atoms with Gasteiger partial charge in [0.25, 0.3) is 0 Å². The molecule has 2 amide bonds. The number of aliphatic hydroxyl groups is 1. The van der Waals surface area contributed by atoms with E-state index in [1.807, 2.05) is 25.1 Å². The summed E-state index contributed by atoms with van der Waals surface area (Å²) >= 11 is 0. The van der Waals surface area contributed by atoms with Gasteiger partial charge in [0.05, 0.1) is 12.6 Å². The van der Waals surface area contributed by atoms with Crippen molar-refractivity contribution >= 4 is 11.8 Å². The number of imide groups is 1. The van der Waals surface area contributed by atoms with Crippen LogP contribution in [0.4, 0.5) is 0 Å². The summed E-state index contributed by atoms with van der Waals surface area (Å²) in [6, 6.07) is 9.06. The van der Waals surface area contributed by atoms with Crippen LogP contribution >= 0.6 is 0 Å². The number of β-amino-alcohol motifs (C(OH)–C–C–N with tert-alkyl or cyclic N) is 1. The third kappa shape index (κ3) is 2.76.